The SMILES string of the molecule is COC[C@H](C)NC(=S)NNC(=O)CCS(=O)(=O)c1ccccc1. The highest BCUT2D eigenvalue weighted by Crippen LogP contribution is 2.10. The van der Waals surface area contributed by atoms with Gasteiger partial charge in [0.1, 0.15) is 0 Å². The highest BCUT2D eigenvalue weighted by Gasteiger charge is 2.16. The summed E-state index contributed by atoms with van der Waals surface area (Å²) in [6.45, 7) is 2.33. The van der Waals surface area contributed by atoms with E-state index in [0.717, 1.165) is 0 Å². The predicted molar refractivity (Wildman–Crippen MR) is 91.5 cm³/mol. The number of carbonyl (C=O) groups is 1. The molecule has 0 heterocycles. The smallest absolute Gasteiger partial charge is 0.239 e. The van der Waals surface area contributed by atoms with Gasteiger partial charge in [0.25, 0.3) is 0 Å². The molecule has 9 heteroatoms. The van der Waals surface area contributed by atoms with Crippen LogP contribution in [0.2, 0.25) is 0 Å². The summed E-state index contributed by atoms with van der Waals surface area (Å²) in [6.07, 6.45) is -0.166. The van der Waals surface area contributed by atoms with E-state index in [4.69, 9.17) is 17.0 Å². The molecule has 0 aromatic heterocycles. The number of carbonyl (C=O) groups excluding carboxylic acids is 1. The van der Waals surface area contributed by atoms with Crippen LogP contribution in [0, 0.1) is 0 Å². The third-order valence-electron chi connectivity index (χ3n) is 2.81. The third-order valence-corrected chi connectivity index (χ3v) is 4.76. The number of hydrogen-bond donors (Lipinski definition) is 3. The maximum absolute atomic E-state index is 12.0. The van der Waals surface area contributed by atoms with Gasteiger partial charge in [0.2, 0.25) is 5.91 Å². The summed E-state index contributed by atoms with van der Waals surface area (Å²) >= 11 is 4.99. The summed E-state index contributed by atoms with van der Waals surface area (Å²) in [5, 5.41) is 3.13. The van der Waals surface area contributed by atoms with E-state index < -0.39 is 15.7 Å². The zero-order valence-electron chi connectivity index (χ0n) is 13.0. The Kier molecular flexibility index (Phi) is 7.93. The average molecular weight is 359 g/mol. The third kappa shape index (κ3) is 7.40. The number of nitrogens with one attached hydrogen (secondary N) is 3. The van der Waals surface area contributed by atoms with Crippen molar-refractivity contribution in [1.29, 1.82) is 0 Å². The van der Waals surface area contributed by atoms with Crippen LogP contribution in [-0.2, 0) is 19.4 Å². The van der Waals surface area contributed by atoms with Crippen LogP contribution < -0.4 is 16.2 Å². The standard InChI is InChI=1S/C14H21N3O4S2/c1-11(10-21-2)15-14(22)17-16-13(18)8-9-23(19,20)12-6-4-3-5-7-12/h3-7,11H,8-10H2,1-2H3,(H,16,18)(H2,15,17,22)/t11-/m0/s1. The second-order valence-corrected chi connectivity index (χ2v) is 7.40. The van der Waals surface area contributed by atoms with Gasteiger partial charge in [-0.2, -0.15) is 0 Å². The van der Waals surface area contributed by atoms with Gasteiger partial charge in [-0.15, -0.1) is 0 Å². The number of sulfone groups is 1. The highest BCUT2D eigenvalue weighted by atomic mass is 32.2. The first kappa shape index (κ1) is 19.3. The molecule has 0 saturated carbocycles. The van der Waals surface area contributed by atoms with E-state index in [0.29, 0.717) is 6.61 Å². The maximum Gasteiger partial charge on any atom is 0.239 e. The molecule has 0 aliphatic heterocycles. The van der Waals surface area contributed by atoms with Crippen LogP contribution in [0.15, 0.2) is 35.2 Å². The molecule has 7 nitrogen and oxygen atoms in total. The summed E-state index contributed by atoms with van der Waals surface area (Å²) < 4.78 is 29.0. The van der Waals surface area contributed by atoms with Gasteiger partial charge in [-0.25, -0.2) is 8.42 Å². The van der Waals surface area contributed by atoms with E-state index >= 15 is 0 Å². The monoisotopic (exact) mass is 359 g/mol. The highest BCUT2D eigenvalue weighted by molar-refractivity contribution is 7.91. The Hall–Kier alpha value is -1.71. The molecule has 128 valence electrons. The minimum atomic E-state index is -3.47. The Labute approximate surface area is 141 Å². The molecule has 0 saturated heterocycles. The molecule has 0 aliphatic rings. The number of methoxy groups -OCH3 is 1. The molecule has 1 atom stereocenters. The molecule has 0 spiro atoms. The fourth-order valence-electron chi connectivity index (χ4n) is 1.71. The molecule has 1 amide bonds. The van der Waals surface area contributed by atoms with Crippen molar-refractivity contribution < 1.29 is 17.9 Å². The van der Waals surface area contributed by atoms with Crippen LogP contribution in [0.5, 0.6) is 0 Å². The average Bonchev–Trinajstić information content (AvgIpc) is 2.52. The second kappa shape index (κ2) is 9.43. The maximum atomic E-state index is 12.0. The van der Waals surface area contributed by atoms with Gasteiger partial charge in [-0.3, -0.25) is 15.6 Å². The summed E-state index contributed by atoms with van der Waals surface area (Å²) in [5.74, 6) is -0.738. The van der Waals surface area contributed by atoms with Crippen LogP contribution in [0.25, 0.3) is 0 Å². The van der Waals surface area contributed by atoms with Gasteiger partial charge in [0.15, 0.2) is 14.9 Å². The first-order valence-electron chi connectivity index (χ1n) is 6.97. The lowest BCUT2D eigenvalue weighted by molar-refractivity contribution is -0.121. The fourth-order valence-corrected chi connectivity index (χ4v) is 3.23. The van der Waals surface area contributed by atoms with Crippen molar-refractivity contribution in [2.24, 2.45) is 0 Å². The first-order chi connectivity index (χ1) is 10.8. The Bertz CT molecular complexity index is 620. The summed E-state index contributed by atoms with van der Waals surface area (Å²) in [7, 11) is -1.90. The van der Waals surface area contributed by atoms with Crippen molar-refractivity contribution in [3.05, 3.63) is 30.3 Å². The van der Waals surface area contributed by atoms with Gasteiger partial charge in [0.05, 0.1) is 17.3 Å². The van der Waals surface area contributed by atoms with Gasteiger partial charge < -0.3 is 10.1 Å². The van der Waals surface area contributed by atoms with Crippen molar-refractivity contribution in [2.45, 2.75) is 24.3 Å². The minimum Gasteiger partial charge on any atom is -0.383 e. The quantitative estimate of drug-likeness (QED) is 0.478. The number of rotatable bonds is 7. The molecule has 0 fully saturated rings. The number of benzene rings is 1. The normalized spacial score (nSPS) is 12.3. The van der Waals surface area contributed by atoms with E-state index in [9.17, 15) is 13.2 Å². The molecule has 0 aliphatic carbocycles. The van der Waals surface area contributed by atoms with Crippen molar-refractivity contribution in [3.8, 4) is 0 Å². The first-order valence-corrected chi connectivity index (χ1v) is 9.03. The number of hydrogen-bond acceptors (Lipinski definition) is 5. The summed E-state index contributed by atoms with van der Waals surface area (Å²) in [5.41, 5.74) is 4.87. The van der Waals surface area contributed by atoms with Crippen LogP contribution in [0.1, 0.15) is 13.3 Å². The molecular formula is C14H21N3O4S2. The zero-order valence-corrected chi connectivity index (χ0v) is 14.7. The van der Waals surface area contributed by atoms with Crippen LogP contribution in [0.3, 0.4) is 0 Å². The molecule has 0 bridgehead atoms. The van der Waals surface area contributed by atoms with Gasteiger partial charge in [-0.05, 0) is 31.3 Å². The van der Waals surface area contributed by atoms with Crippen LogP contribution in [-0.4, -0.2) is 44.9 Å². The largest absolute Gasteiger partial charge is 0.383 e. The predicted octanol–water partition coefficient (Wildman–Crippen LogP) is 0.381. The summed E-state index contributed by atoms with van der Waals surface area (Å²) in [6, 6.07) is 7.99. The van der Waals surface area contributed by atoms with Gasteiger partial charge in [-0.1, -0.05) is 18.2 Å². The van der Waals surface area contributed by atoms with Gasteiger partial charge >= 0.3 is 0 Å². The van der Waals surface area contributed by atoms with Crippen molar-refractivity contribution in [1.82, 2.24) is 16.2 Å². The van der Waals surface area contributed by atoms with E-state index in [1.54, 1.807) is 25.3 Å². The van der Waals surface area contributed by atoms with Gasteiger partial charge in [0, 0.05) is 19.6 Å². The fraction of sp³-hybridized carbons (Fsp3) is 0.429. The number of hydrazine groups is 1. The van der Waals surface area contributed by atoms with E-state index in [2.05, 4.69) is 16.2 Å². The minimum absolute atomic E-state index is 0.0182. The van der Waals surface area contributed by atoms with Crippen LogP contribution >= 0.6 is 12.2 Å². The Morgan fingerprint density at radius 2 is 1.91 bits per heavy atom. The molecular weight excluding hydrogens is 338 g/mol. The molecule has 0 radical (unpaired) electrons. The Morgan fingerprint density at radius 1 is 1.26 bits per heavy atom. The lowest BCUT2D eigenvalue weighted by atomic mass is 10.4. The van der Waals surface area contributed by atoms with Crippen LogP contribution in [0.4, 0.5) is 0 Å². The number of thiocarbonyl (C=S) groups is 1. The Balaban J connectivity index is 2.36. The van der Waals surface area contributed by atoms with E-state index in [1.165, 1.54) is 12.1 Å². The zero-order chi connectivity index (χ0) is 17.3. The van der Waals surface area contributed by atoms with Crippen molar-refractivity contribution >= 4 is 33.1 Å². The van der Waals surface area contributed by atoms with Crippen molar-refractivity contribution in [3.63, 3.8) is 0 Å². The molecule has 1 aromatic carbocycles. The molecule has 0 unspecified atom stereocenters. The molecule has 23 heavy (non-hydrogen) atoms. The second-order valence-electron chi connectivity index (χ2n) is 4.88. The molecule has 1 rings (SSSR count). The molecule has 1 aromatic rings. The van der Waals surface area contributed by atoms with Crippen molar-refractivity contribution in [2.75, 3.05) is 19.5 Å². The summed E-state index contributed by atoms with van der Waals surface area (Å²) in [4.78, 5) is 11.9. The van der Waals surface area contributed by atoms with E-state index in [1.807, 2.05) is 6.92 Å². The molecule has 3 N–H and O–H groups in total. The number of amides is 1. The van der Waals surface area contributed by atoms with E-state index in [-0.39, 0.29) is 28.2 Å². The lowest BCUT2D eigenvalue weighted by Crippen LogP contribution is -2.50. The Morgan fingerprint density at radius 3 is 2.52 bits per heavy atom. The lowest BCUT2D eigenvalue weighted by Gasteiger charge is -2.16. The number of ether oxygens (including phenoxy) is 1. The topological polar surface area (TPSA) is 96.5 Å².